The average Bonchev–Trinajstić information content (AvgIpc) is 3.07. The van der Waals surface area contributed by atoms with Gasteiger partial charge in [0.15, 0.2) is 6.10 Å². The Labute approximate surface area is 155 Å². The number of oxime groups is 1. The van der Waals surface area contributed by atoms with Crippen LogP contribution in [0.5, 0.6) is 0 Å². The summed E-state index contributed by atoms with van der Waals surface area (Å²) in [5.74, 6) is 0.0821. The average molecular weight is 341 g/mol. The minimum Gasteiger partial charge on any atom is -0.386 e. The predicted octanol–water partition coefficient (Wildman–Crippen LogP) is 5.87. The number of benzene rings is 3. The summed E-state index contributed by atoms with van der Waals surface area (Å²) in [5, 5.41) is 4.59. The van der Waals surface area contributed by atoms with Gasteiger partial charge < -0.3 is 4.84 Å². The Kier molecular flexibility index (Phi) is 4.34. The normalized spacial score (nSPS) is 19.1. The van der Waals surface area contributed by atoms with Crippen LogP contribution < -0.4 is 0 Å². The van der Waals surface area contributed by atoms with Crippen molar-refractivity contribution in [3.63, 3.8) is 0 Å². The topological polar surface area (TPSA) is 21.6 Å². The zero-order valence-corrected chi connectivity index (χ0v) is 15.4. The van der Waals surface area contributed by atoms with E-state index in [1.807, 2.05) is 6.07 Å². The molecule has 3 aromatic rings. The molecule has 0 radical (unpaired) electrons. The van der Waals surface area contributed by atoms with Crippen molar-refractivity contribution in [3.05, 3.63) is 106 Å². The van der Waals surface area contributed by atoms with Crippen molar-refractivity contribution in [2.75, 3.05) is 0 Å². The minimum atomic E-state index is -0.103. The molecule has 1 aliphatic rings. The first-order chi connectivity index (χ1) is 12.6. The maximum atomic E-state index is 6.00. The van der Waals surface area contributed by atoms with Crippen LogP contribution in [-0.4, -0.2) is 5.71 Å². The largest absolute Gasteiger partial charge is 0.386 e. The Morgan fingerprint density at radius 3 is 1.85 bits per heavy atom. The van der Waals surface area contributed by atoms with E-state index in [1.54, 1.807) is 0 Å². The number of nitrogens with zero attached hydrogens (tertiary/aromatic N) is 1. The van der Waals surface area contributed by atoms with Gasteiger partial charge in [-0.25, -0.2) is 0 Å². The van der Waals surface area contributed by atoms with Gasteiger partial charge in [-0.05, 0) is 43.0 Å². The standard InChI is InChI=1S/C24H23NO/c1-16-14-17(2)21(18(3)15-16)23-22(19-10-6-4-7-11-19)24(26-25-23)20-12-8-5-9-13-20/h4-15,22,24H,1-3H3/t22-,24+/m0/s1. The summed E-state index contributed by atoms with van der Waals surface area (Å²) < 4.78 is 0. The summed E-state index contributed by atoms with van der Waals surface area (Å²) in [7, 11) is 0. The smallest absolute Gasteiger partial charge is 0.165 e. The maximum Gasteiger partial charge on any atom is 0.165 e. The fourth-order valence-corrected chi connectivity index (χ4v) is 4.05. The molecule has 0 N–H and O–H groups in total. The van der Waals surface area contributed by atoms with Crippen molar-refractivity contribution < 1.29 is 4.84 Å². The highest BCUT2D eigenvalue weighted by molar-refractivity contribution is 6.08. The lowest BCUT2D eigenvalue weighted by atomic mass is 9.81. The number of hydrogen-bond acceptors (Lipinski definition) is 2. The van der Waals surface area contributed by atoms with Crippen LogP contribution in [0.3, 0.4) is 0 Å². The van der Waals surface area contributed by atoms with Gasteiger partial charge in [0.1, 0.15) is 0 Å². The van der Waals surface area contributed by atoms with Crippen molar-refractivity contribution in [2.24, 2.45) is 5.16 Å². The molecule has 0 fully saturated rings. The van der Waals surface area contributed by atoms with E-state index in [1.165, 1.54) is 27.8 Å². The Balaban J connectivity index is 1.85. The van der Waals surface area contributed by atoms with Crippen molar-refractivity contribution in [2.45, 2.75) is 32.8 Å². The fourth-order valence-electron chi connectivity index (χ4n) is 4.05. The van der Waals surface area contributed by atoms with Crippen molar-refractivity contribution in [1.82, 2.24) is 0 Å². The summed E-state index contributed by atoms with van der Waals surface area (Å²) in [5.41, 5.74) is 8.40. The summed E-state index contributed by atoms with van der Waals surface area (Å²) >= 11 is 0. The van der Waals surface area contributed by atoms with E-state index >= 15 is 0 Å². The molecule has 0 saturated carbocycles. The van der Waals surface area contributed by atoms with Gasteiger partial charge in [0.2, 0.25) is 0 Å². The summed E-state index contributed by atoms with van der Waals surface area (Å²) in [6.45, 7) is 6.46. The van der Waals surface area contributed by atoms with Gasteiger partial charge in [-0.1, -0.05) is 83.5 Å². The van der Waals surface area contributed by atoms with Crippen LogP contribution in [0.25, 0.3) is 0 Å². The molecule has 2 atom stereocenters. The number of aryl methyl sites for hydroxylation is 3. The summed E-state index contributed by atoms with van der Waals surface area (Å²) in [6.07, 6.45) is -0.103. The van der Waals surface area contributed by atoms with Gasteiger partial charge >= 0.3 is 0 Å². The third kappa shape index (κ3) is 2.92. The number of rotatable bonds is 3. The lowest BCUT2D eigenvalue weighted by molar-refractivity contribution is 0.0763. The quantitative estimate of drug-likeness (QED) is 0.584. The monoisotopic (exact) mass is 341 g/mol. The third-order valence-electron chi connectivity index (χ3n) is 5.08. The molecule has 0 saturated heterocycles. The van der Waals surface area contributed by atoms with Crippen molar-refractivity contribution in [3.8, 4) is 0 Å². The zero-order chi connectivity index (χ0) is 18.1. The molecular weight excluding hydrogens is 318 g/mol. The van der Waals surface area contributed by atoms with E-state index in [0.717, 1.165) is 11.3 Å². The third-order valence-corrected chi connectivity index (χ3v) is 5.08. The van der Waals surface area contributed by atoms with Crippen LogP contribution >= 0.6 is 0 Å². The molecule has 130 valence electrons. The van der Waals surface area contributed by atoms with Gasteiger partial charge in [-0.15, -0.1) is 0 Å². The molecule has 2 heteroatoms. The molecule has 26 heavy (non-hydrogen) atoms. The van der Waals surface area contributed by atoms with Crippen molar-refractivity contribution >= 4 is 5.71 Å². The molecule has 3 aromatic carbocycles. The molecule has 0 aromatic heterocycles. The molecule has 1 heterocycles. The van der Waals surface area contributed by atoms with Crippen LogP contribution in [0, 0.1) is 20.8 Å². The molecule has 0 bridgehead atoms. The van der Waals surface area contributed by atoms with Crippen LogP contribution in [0.15, 0.2) is 78.0 Å². The van der Waals surface area contributed by atoms with Gasteiger partial charge in [0.25, 0.3) is 0 Å². The first kappa shape index (κ1) is 16.6. The second-order valence-electron chi connectivity index (χ2n) is 7.08. The minimum absolute atomic E-state index is 0.0821. The number of hydrogen-bond donors (Lipinski definition) is 0. The lowest BCUT2D eigenvalue weighted by Gasteiger charge is -2.21. The van der Waals surface area contributed by atoms with Gasteiger partial charge in [0.05, 0.1) is 11.6 Å². The molecule has 1 aliphatic heterocycles. The summed E-state index contributed by atoms with van der Waals surface area (Å²) in [6, 6.07) is 25.4. The zero-order valence-electron chi connectivity index (χ0n) is 15.4. The SMILES string of the molecule is Cc1cc(C)c(C2=NO[C@H](c3ccccc3)[C@H]2c2ccccc2)c(C)c1. The molecule has 0 amide bonds. The molecule has 0 unspecified atom stereocenters. The van der Waals surface area contributed by atoms with Crippen LogP contribution in [0.2, 0.25) is 0 Å². The first-order valence-corrected chi connectivity index (χ1v) is 9.07. The lowest BCUT2D eigenvalue weighted by Crippen LogP contribution is -2.18. The maximum absolute atomic E-state index is 6.00. The van der Waals surface area contributed by atoms with Crippen LogP contribution in [0.4, 0.5) is 0 Å². The molecule has 0 aliphatic carbocycles. The fraction of sp³-hybridized carbons (Fsp3) is 0.208. The Morgan fingerprint density at radius 2 is 1.27 bits per heavy atom. The highest BCUT2D eigenvalue weighted by atomic mass is 16.6. The second kappa shape index (κ2) is 6.80. The Hall–Kier alpha value is -2.87. The highest BCUT2D eigenvalue weighted by Gasteiger charge is 2.38. The molecule has 0 spiro atoms. The van der Waals surface area contributed by atoms with E-state index in [-0.39, 0.29) is 12.0 Å². The van der Waals surface area contributed by atoms with E-state index < -0.39 is 0 Å². The Morgan fingerprint density at radius 1 is 0.731 bits per heavy atom. The molecule has 2 nitrogen and oxygen atoms in total. The second-order valence-corrected chi connectivity index (χ2v) is 7.08. The first-order valence-electron chi connectivity index (χ1n) is 9.07. The predicted molar refractivity (Wildman–Crippen MR) is 107 cm³/mol. The van der Waals surface area contributed by atoms with Gasteiger partial charge in [-0.3, -0.25) is 0 Å². The molecular formula is C24H23NO. The highest BCUT2D eigenvalue weighted by Crippen LogP contribution is 2.42. The van der Waals surface area contributed by atoms with E-state index in [2.05, 4.69) is 92.7 Å². The Bertz CT molecular complexity index is 921. The summed E-state index contributed by atoms with van der Waals surface area (Å²) in [4.78, 5) is 6.00. The molecule has 4 rings (SSSR count). The van der Waals surface area contributed by atoms with Crippen LogP contribution in [0.1, 0.15) is 45.4 Å². The van der Waals surface area contributed by atoms with Gasteiger partial charge in [0, 0.05) is 5.56 Å². The van der Waals surface area contributed by atoms with Crippen LogP contribution in [-0.2, 0) is 4.84 Å². The van der Waals surface area contributed by atoms with Gasteiger partial charge in [-0.2, -0.15) is 0 Å². The van der Waals surface area contributed by atoms with E-state index in [4.69, 9.17) is 4.84 Å². The van der Waals surface area contributed by atoms with E-state index in [9.17, 15) is 0 Å². The van der Waals surface area contributed by atoms with E-state index in [0.29, 0.717) is 0 Å². The van der Waals surface area contributed by atoms with Crippen molar-refractivity contribution in [1.29, 1.82) is 0 Å².